The summed E-state index contributed by atoms with van der Waals surface area (Å²) in [6.45, 7) is 4.05. The van der Waals surface area contributed by atoms with E-state index in [0.717, 1.165) is 32.4 Å². The van der Waals surface area contributed by atoms with Crippen LogP contribution >= 0.6 is 12.2 Å². The first-order valence-corrected chi connectivity index (χ1v) is 13.7. The number of furan rings is 1. The van der Waals surface area contributed by atoms with Gasteiger partial charge in [0.2, 0.25) is 4.77 Å². The highest BCUT2D eigenvalue weighted by Crippen LogP contribution is 2.34. The molecule has 1 aliphatic rings. The van der Waals surface area contributed by atoms with Crippen LogP contribution < -0.4 is 5.56 Å². The summed E-state index contributed by atoms with van der Waals surface area (Å²) in [6.07, 6.45) is -2.72. The number of hydrogen-bond acceptors (Lipinski definition) is 13. The number of para-hydroxylation sites is 1. The third-order valence-corrected chi connectivity index (χ3v) is 6.56. The molecule has 0 radical (unpaired) electrons. The van der Waals surface area contributed by atoms with Crippen molar-refractivity contribution in [3.05, 3.63) is 75.3 Å². The van der Waals surface area contributed by atoms with Crippen molar-refractivity contribution in [2.24, 2.45) is 0 Å². The Morgan fingerprint density at radius 1 is 0.864 bits per heavy atom. The third-order valence-electron chi connectivity index (χ3n) is 6.20. The van der Waals surface area contributed by atoms with Crippen molar-refractivity contribution in [2.75, 3.05) is 6.61 Å². The number of nitrogens with zero attached hydrogens (tertiary/aromatic N) is 3. The molecule has 0 spiro atoms. The summed E-state index contributed by atoms with van der Waals surface area (Å²) in [5.41, 5.74) is -0.325. The van der Waals surface area contributed by atoms with Crippen LogP contribution in [0.1, 0.15) is 45.4 Å². The van der Waals surface area contributed by atoms with Crippen LogP contribution in [0, 0.1) is 4.77 Å². The minimum absolute atomic E-state index is 0.119. The highest BCUT2D eigenvalue weighted by Gasteiger charge is 2.53. The van der Waals surface area contributed by atoms with Crippen LogP contribution in [0.5, 0.6) is 0 Å². The highest BCUT2D eigenvalue weighted by atomic mass is 32.1. The van der Waals surface area contributed by atoms with Gasteiger partial charge in [0.1, 0.15) is 24.2 Å². The maximum atomic E-state index is 13.7. The fourth-order valence-corrected chi connectivity index (χ4v) is 4.86. The normalized spacial score (nSPS) is 21.4. The second-order valence-electron chi connectivity index (χ2n) is 9.53. The van der Waals surface area contributed by atoms with Gasteiger partial charge in [0.25, 0.3) is 5.56 Å². The van der Waals surface area contributed by atoms with E-state index in [9.17, 15) is 24.0 Å². The van der Waals surface area contributed by atoms with Crippen LogP contribution in [0.2, 0.25) is 0 Å². The number of benzene rings is 1. The van der Waals surface area contributed by atoms with Gasteiger partial charge in [0.05, 0.1) is 12.0 Å². The second kappa shape index (κ2) is 14.1. The zero-order valence-corrected chi connectivity index (χ0v) is 24.9. The molecule has 3 heterocycles. The quantitative estimate of drug-likeness (QED) is 0.193. The van der Waals surface area contributed by atoms with Crippen molar-refractivity contribution in [3.8, 4) is 5.69 Å². The van der Waals surface area contributed by atoms with Gasteiger partial charge in [-0.3, -0.25) is 28.5 Å². The van der Waals surface area contributed by atoms with Gasteiger partial charge in [0, 0.05) is 27.7 Å². The molecule has 0 bridgehead atoms. The first-order valence-electron chi connectivity index (χ1n) is 13.3. The summed E-state index contributed by atoms with van der Waals surface area (Å²) in [6, 6.07) is 11.8. The zero-order valence-electron chi connectivity index (χ0n) is 24.1. The fraction of sp³-hybridized carbons (Fsp3) is 0.345. The molecule has 232 valence electrons. The van der Waals surface area contributed by atoms with E-state index in [0.29, 0.717) is 11.4 Å². The molecule has 1 aromatic carbocycles. The Kier molecular flexibility index (Phi) is 10.2. The summed E-state index contributed by atoms with van der Waals surface area (Å²) in [7, 11) is 0. The number of carbonyl (C=O) groups is 4. The molecule has 4 rings (SSSR count). The topological polar surface area (TPSA) is 167 Å². The number of hydrogen-bond donors (Lipinski definition) is 0. The Labute approximate surface area is 255 Å². The molecule has 14 nitrogen and oxygen atoms in total. The lowest BCUT2D eigenvalue weighted by molar-refractivity contribution is -0.271. The van der Waals surface area contributed by atoms with E-state index in [2.05, 4.69) is 5.10 Å². The van der Waals surface area contributed by atoms with Crippen molar-refractivity contribution in [1.82, 2.24) is 14.3 Å². The monoisotopic (exact) mass is 627 g/mol. The smallest absolute Gasteiger partial charge is 0.303 e. The largest absolute Gasteiger partial charge is 0.465 e. The Hall–Kier alpha value is -4.89. The average molecular weight is 628 g/mol. The molecule has 2 aromatic heterocycles. The third kappa shape index (κ3) is 7.54. The van der Waals surface area contributed by atoms with Crippen LogP contribution in [0.3, 0.4) is 0 Å². The van der Waals surface area contributed by atoms with Crippen LogP contribution in [0.25, 0.3) is 17.8 Å². The lowest BCUT2D eigenvalue weighted by Gasteiger charge is -2.44. The first kappa shape index (κ1) is 32.0. The average Bonchev–Trinajstić information content (AvgIpc) is 3.48. The molecule has 5 unspecified atom stereocenters. The van der Waals surface area contributed by atoms with Gasteiger partial charge in [-0.1, -0.05) is 18.2 Å². The maximum Gasteiger partial charge on any atom is 0.303 e. The minimum Gasteiger partial charge on any atom is -0.465 e. The first-order chi connectivity index (χ1) is 21.0. The standard InChI is InChI=1S/C29H29N3O11S/c1-16(33)39-15-23-24(40-17(2)34)25(41-18(3)35)26(42-19(4)36)28(43-23)32-29(44)31(20-9-6-5-7-10-20)27(37)22(30-32)13-12-21-11-8-14-38-21/h5-14,23-26,28H,15H2,1-4H3. The van der Waals surface area contributed by atoms with E-state index in [-0.39, 0.29) is 10.5 Å². The zero-order chi connectivity index (χ0) is 32.0. The Balaban J connectivity index is 1.96. The van der Waals surface area contributed by atoms with Gasteiger partial charge in [-0.2, -0.15) is 5.10 Å². The van der Waals surface area contributed by atoms with E-state index in [1.807, 2.05) is 0 Å². The summed E-state index contributed by atoms with van der Waals surface area (Å²) >= 11 is 5.72. The molecule has 15 heteroatoms. The predicted molar refractivity (Wildman–Crippen MR) is 153 cm³/mol. The SMILES string of the molecule is CC(=O)OCC1OC(n2nc(C=Cc3ccco3)c(=O)n(-c3ccccc3)c2=S)C(OC(C)=O)C(OC(C)=O)C1OC(C)=O. The Morgan fingerprint density at radius 2 is 1.50 bits per heavy atom. The summed E-state index contributed by atoms with van der Waals surface area (Å²) in [5.74, 6) is -2.62. The molecule has 0 amide bonds. The van der Waals surface area contributed by atoms with E-state index in [1.165, 1.54) is 23.0 Å². The molecular weight excluding hydrogens is 598 g/mol. The summed E-state index contributed by atoms with van der Waals surface area (Å²) < 4.78 is 35.4. The van der Waals surface area contributed by atoms with Crippen molar-refractivity contribution in [1.29, 1.82) is 0 Å². The van der Waals surface area contributed by atoms with Crippen molar-refractivity contribution >= 4 is 48.2 Å². The van der Waals surface area contributed by atoms with E-state index in [4.69, 9.17) is 40.3 Å². The van der Waals surface area contributed by atoms with Crippen molar-refractivity contribution in [2.45, 2.75) is 58.3 Å². The molecule has 1 aliphatic heterocycles. The number of esters is 4. The van der Waals surface area contributed by atoms with Crippen LogP contribution in [0.4, 0.5) is 0 Å². The Morgan fingerprint density at radius 3 is 2.09 bits per heavy atom. The molecule has 3 aromatic rings. The number of carbonyl (C=O) groups excluding carboxylic acids is 4. The van der Waals surface area contributed by atoms with E-state index in [1.54, 1.807) is 42.5 Å². The lowest BCUT2D eigenvalue weighted by atomic mass is 9.97. The van der Waals surface area contributed by atoms with Gasteiger partial charge in [-0.15, -0.1) is 0 Å². The van der Waals surface area contributed by atoms with Crippen molar-refractivity contribution < 1.29 is 47.3 Å². The van der Waals surface area contributed by atoms with Gasteiger partial charge in [-0.05, 0) is 48.6 Å². The molecule has 1 fully saturated rings. The molecule has 5 atom stereocenters. The summed E-state index contributed by atoms with van der Waals surface area (Å²) in [5, 5.41) is 4.45. The molecule has 0 N–H and O–H groups in total. The molecule has 0 saturated carbocycles. The van der Waals surface area contributed by atoms with E-state index >= 15 is 0 Å². The van der Waals surface area contributed by atoms with Gasteiger partial charge in [-0.25, -0.2) is 4.68 Å². The second-order valence-corrected chi connectivity index (χ2v) is 9.89. The molecule has 1 saturated heterocycles. The van der Waals surface area contributed by atoms with Crippen LogP contribution in [-0.2, 0) is 42.9 Å². The summed E-state index contributed by atoms with van der Waals surface area (Å²) in [4.78, 5) is 62.1. The lowest BCUT2D eigenvalue weighted by Crippen LogP contribution is -2.61. The van der Waals surface area contributed by atoms with Crippen molar-refractivity contribution in [3.63, 3.8) is 0 Å². The van der Waals surface area contributed by atoms with Gasteiger partial charge in [0.15, 0.2) is 24.5 Å². The predicted octanol–water partition coefficient (Wildman–Crippen LogP) is 2.78. The molecular formula is C29H29N3O11S. The molecule has 0 aliphatic carbocycles. The van der Waals surface area contributed by atoms with Gasteiger partial charge < -0.3 is 28.1 Å². The van der Waals surface area contributed by atoms with Gasteiger partial charge >= 0.3 is 23.9 Å². The van der Waals surface area contributed by atoms with Crippen LogP contribution in [0.15, 0.2) is 57.9 Å². The highest BCUT2D eigenvalue weighted by molar-refractivity contribution is 7.71. The maximum absolute atomic E-state index is 13.7. The minimum atomic E-state index is -1.50. The van der Waals surface area contributed by atoms with E-state index < -0.39 is 66.7 Å². The Bertz CT molecular complexity index is 1660. The fourth-order valence-electron chi connectivity index (χ4n) is 4.53. The number of rotatable bonds is 9. The molecule has 44 heavy (non-hydrogen) atoms. The van der Waals surface area contributed by atoms with Crippen LogP contribution in [-0.4, -0.2) is 69.2 Å². The number of ether oxygens (including phenoxy) is 5. The number of aromatic nitrogens is 3.